The fraction of sp³-hybridized carbons (Fsp3) is 0.364. The third-order valence-electron chi connectivity index (χ3n) is 2.26. The Hall–Kier alpha value is -1.21. The largest absolute Gasteiger partial charge is 0.416 e. The van der Waals surface area contributed by atoms with Crippen LogP contribution in [-0.2, 0) is 17.5 Å². The van der Waals surface area contributed by atoms with Crippen LogP contribution in [0.5, 0.6) is 0 Å². The molecule has 0 bridgehead atoms. The molecule has 0 heterocycles. The number of alkyl halides is 3. The molecule has 3 nitrogen and oxygen atoms in total. The van der Waals surface area contributed by atoms with Crippen LogP contribution in [0.4, 0.5) is 13.2 Å². The Kier molecular flexibility index (Phi) is 5.03. The number of nitrogens with two attached hydrogens (primary N) is 1. The molecular formula is C11H13F3N2OS. The van der Waals surface area contributed by atoms with Crippen molar-refractivity contribution in [2.75, 3.05) is 12.8 Å². The molecule has 0 fully saturated rings. The lowest BCUT2D eigenvalue weighted by molar-refractivity contribution is -0.138. The van der Waals surface area contributed by atoms with Gasteiger partial charge in [0.1, 0.15) is 0 Å². The predicted molar refractivity (Wildman–Crippen MR) is 64.1 cm³/mol. The highest BCUT2D eigenvalue weighted by Gasteiger charge is 2.33. The van der Waals surface area contributed by atoms with Crippen molar-refractivity contribution in [1.82, 2.24) is 5.32 Å². The van der Waals surface area contributed by atoms with E-state index < -0.39 is 11.7 Å². The van der Waals surface area contributed by atoms with Gasteiger partial charge in [-0.1, -0.05) is 6.07 Å². The van der Waals surface area contributed by atoms with Crippen LogP contribution < -0.4 is 11.1 Å². The summed E-state index contributed by atoms with van der Waals surface area (Å²) in [4.78, 5) is 11.4. The van der Waals surface area contributed by atoms with E-state index in [1.165, 1.54) is 19.2 Å². The molecule has 0 saturated heterocycles. The number of carbonyl (C=O) groups excluding carboxylic acids is 1. The highest BCUT2D eigenvalue weighted by Crippen LogP contribution is 2.34. The number of benzene rings is 1. The number of amides is 1. The number of thioether (sulfide) groups is 1. The molecule has 0 aromatic heterocycles. The zero-order valence-electron chi connectivity index (χ0n) is 9.67. The van der Waals surface area contributed by atoms with Crippen LogP contribution in [0.3, 0.4) is 0 Å². The van der Waals surface area contributed by atoms with Gasteiger partial charge in [0.15, 0.2) is 0 Å². The van der Waals surface area contributed by atoms with Gasteiger partial charge in [0.2, 0.25) is 5.91 Å². The summed E-state index contributed by atoms with van der Waals surface area (Å²) < 4.78 is 38.2. The van der Waals surface area contributed by atoms with E-state index in [9.17, 15) is 18.0 Å². The molecule has 0 aliphatic heterocycles. The first-order chi connectivity index (χ1) is 8.38. The van der Waals surface area contributed by atoms with Crippen molar-refractivity contribution in [1.29, 1.82) is 0 Å². The van der Waals surface area contributed by atoms with Crippen LogP contribution in [0.1, 0.15) is 11.1 Å². The predicted octanol–water partition coefficient (Wildman–Crippen LogP) is 2.00. The Morgan fingerprint density at radius 1 is 1.44 bits per heavy atom. The van der Waals surface area contributed by atoms with Crippen molar-refractivity contribution in [2.45, 2.75) is 17.6 Å². The van der Waals surface area contributed by atoms with Gasteiger partial charge in [-0.2, -0.15) is 13.2 Å². The van der Waals surface area contributed by atoms with E-state index in [4.69, 9.17) is 5.73 Å². The average molecular weight is 278 g/mol. The number of rotatable bonds is 4. The maximum atomic E-state index is 12.7. The van der Waals surface area contributed by atoms with Gasteiger partial charge in [-0.3, -0.25) is 4.79 Å². The summed E-state index contributed by atoms with van der Waals surface area (Å²) in [5.74, 6) is -0.160. The van der Waals surface area contributed by atoms with Crippen molar-refractivity contribution in [3.05, 3.63) is 29.3 Å². The SMILES string of the molecule is CNC(=O)CSc1ccc(CN)c(C(F)(F)F)c1. The maximum Gasteiger partial charge on any atom is 0.416 e. The molecule has 1 aromatic rings. The molecule has 0 atom stereocenters. The van der Waals surface area contributed by atoms with Crippen molar-refractivity contribution >= 4 is 17.7 Å². The van der Waals surface area contributed by atoms with Crippen LogP contribution in [0.15, 0.2) is 23.1 Å². The van der Waals surface area contributed by atoms with Crippen LogP contribution in [0, 0.1) is 0 Å². The van der Waals surface area contributed by atoms with Gasteiger partial charge < -0.3 is 11.1 Å². The molecule has 1 amide bonds. The van der Waals surface area contributed by atoms with Gasteiger partial charge in [0, 0.05) is 18.5 Å². The van der Waals surface area contributed by atoms with Crippen molar-refractivity contribution in [3.63, 3.8) is 0 Å². The second kappa shape index (κ2) is 6.10. The number of hydrogen-bond acceptors (Lipinski definition) is 3. The molecule has 3 N–H and O–H groups in total. The zero-order valence-corrected chi connectivity index (χ0v) is 10.5. The third kappa shape index (κ3) is 3.92. The lowest BCUT2D eigenvalue weighted by Gasteiger charge is -2.13. The third-order valence-corrected chi connectivity index (χ3v) is 3.25. The summed E-state index contributed by atoms with van der Waals surface area (Å²) in [7, 11) is 1.47. The first-order valence-corrected chi connectivity index (χ1v) is 6.10. The monoisotopic (exact) mass is 278 g/mol. The van der Waals surface area contributed by atoms with Gasteiger partial charge in [0.25, 0.3) is 0 Å². The van der Waals surface area contributed by atoms with Crippen molar-refractivity contribution in [3.8, 4) is 0 Å². The summed E-state index contributed by atoms with van der Waals surface area (Å²) in [6.45, 7) is -0.171. The molecule has 1 aromatic carbocycles. The van der Waals surface area contributed by atoms with E-state index in [1.807, 2.05) is 0 Å². The molecule has 0 aliphatic rings. The molecule has 0 aliphatic carbocycles. The fourth-order valence-electron chi connectivity index (χ4n) is 1.31. The quantitative estimate of drug-likeness (QED) is 0.828. The van der Waals surface area contributed by atoms with E-state index in [0.29, 0.717) is 4.90 Å². The van der Waals surface area contributed by atoms with Gasteiger partial charge in [-0.15, -0.1) is 11.8 Å². The maximum absolute atomic E-state index is 12.7. The lowest BCUT2D eigenvalue weighted by Crippen LogP contribution is -2.19. The average Bonchev–Trinajstić information content (AvgIpc) is 2.34. The van der Waals surface area contributed by atoms with E-state index in [2.05, 4.69) is 5.32 Å². The van der Waals surface area contributed by atoms with Crippen molar-refractivity contribution < 1.29 is 18.0 Å². The Bertz CT molecular complexity index is 435. The zero-order chi connectivity index (χ0) is 13.8. The summed E-state index contributed by atoms with van der Waals surface area (Å²) in [6, 6.07) is 3.90. The minimum atomic E-state index is -4.43. The van der Waals surface area contributed by atoms with Crippen LogP contribution >= 0.6 is 11.8 Å². The van der Waals surface area contributed by atoms with Crippen molar-refractivity contribution in [2.24, 2.45) is 5.73 Å². The molecule has 0 saturated carbocycles. The number of nitrogens with one attached hydrogen (secondary N) is 1. The van der Waals surface area contributed by atoms with E-state index >= 15 is 0 Å². The number of hydrogen-bond donors (Lipinski definition) is 2. The van der Waals surface area contributed by atoms with Crippen LogP contribution in [-0.4, -0.2) is 18.7 Å². The minimum absolute atomic E-state index is 0.0480. The summed E-state index contributed by atoms with van der Waals surface area (Å²) in [5.41, 5.74) is 4.57. The topological polar surface area (TPSA) is 55.1 Å². The van der Waals surface area contributed by atoms with Gasteiger partial charge in [-0.25, -0.2) is 0 Å². The Morgan fingerprint density at radius 2 is 2.11 bits per heavy atom. The molecule has 0 unspecified atom stereocenters. The van der Waals surface area contributed by atoms with E-state index in [0.717, 1.165) is 17.8 Å². The molecule has 0 radical (unpaired) electrons. The lowest BCUT2D eigenvalue weighted by atomic mass is 10.1. The first-order valence-electron chi connectivity index (χ1n) is 5.12. The highest BCUT2D eigenvalue weighted by molar-refractivity contribution is 8.00. The fourth-order valence-corrected chi connectivity index (χ4v) is 2.12. The first kappa shape index (κ1) is 14.8. The molecule has 0 spiro atoms. The Balaban J connectivity index is 2.93. The van der Waals surface area contributed by atoms with Crippen LogP contribution in [0.2, 0.25) is 0 Å². The van der Waals surface area contributed by atoms with Crippen LogP contribution in [0.25, 0.3) is 0 Å². The molecule has 7 heteroatoms. The normalized spacial score (nSPS) is 11.4. The molecule has 18 heavy (non-hydrogen) atoms. The smallest absolute Gasteiger partial charge is 0.358 e. The molecular weight excluding hydrogens is 265 g/mol. The second-order valence-electron chi connectivity index (χ2n) is 3.48. The minimum Gasteiger partial charge on any atom is -0.358 e. The van der Waals surface area contributed by atoms with Gasteiger partial charge in [0.05, 0.1) is 11.3 Å². The summed E-state index contributed by atoms with van der Waals surface area (Å²) in [5, 5.41) is 2.40. The number of carbonyl (C=O) groups is 1. The molecule has 100 valence electrons. The summed E-state index contributed by atoms with van der Waals surface area (Å²) >= 11 is 1.05. The van der Waals surface area contributed by atoms with E-state index in [-0.39, 0.29) is 23.8 Å². The van der Waals surface area contributed by atoms with E-state index in [1.54, 1.807) is 0 Å². The van der Waals surface area contributed by atoms with Gasteiger partial charge >= 0.3 is 6.18 Å². The highest BCUT2D eigenvalue weighted by atomic mass is 32.2. The second-order valence-corrected chi connectivity index (χ2v) is 4.53. The van der Waals surface area contributed by atoms with Gasteiger partial charge in [-0.05, 0) is 17.7 Å². The Labute approximate surface area is 107 Å². The standard InChI is InChI=1S/C11H13F3N2OS/c1-16-10(17)6-18-8-3-2-7(5-15)9(4-8)11(12,13)14/h2-4H,5-6,15H2,1H3,(H,16,17). The summed E-state index contributed by atoms with van der Waals surface area (Å²) in [6.07, 6.45) is -4.43. The molecule has 1 rings (SSSR count). The number of halogens is 3. The Morgan fingerprint density at radius 3 is 2.61 bits per heavy atom.